The lowest BCUT2D eigenvalue weighted by Crippen LogP contribution is -2.57. The summed E-state index contributed by atoms with van der Waals surface area (Å²) < 4.78 is 4.82. The average Bonchev–Trinajstić information content (AvgIpc) is 3.54. The number of ether oxygens (including phenoxy) is 1. The third kappa shape index (κ3) is 4.78. The lowest BCUT2D eigenvalue weighted by molar-refractivity contribution is -0.159. The van der Waals surface area contributed by atoms with Crippen molar-refractivity contribution in [2.75, 3.05) is 13.7 Å². The van der Waals surface area contributed by atoms with E-state index in [-0.39, 0.29) is 29.6 Å². The molecule has 4 aliphatic rings. The number of amides is 1. The second-order valence-corrected chi connectivity index (χ2v) is 12.7. The van der Waals surface area contributed by atoms with Gasteiger partial charge in [-0.05, 0) is 87.5 Å². The van der Waals surface area contributed by atoms with Crippen molar-refractivity contribution in [1.29, 1.82) is 0 Å². The Morgan fingerprint density at radius 2 is 1.95 bits per heavy atom. The maximum Gasteiger partial charge on any atom is 0.328 e. The first-order valence-electron chi connectivity index (χ1n) is 14.5. The van der Waals surface area contributed by atoms with Crippen LogP contribution in [0.5, 0.6) is 0 Å². The average molecular weight is 555 g/mol. The number of carbonyl (C=O) groups excluding carboxylic acids is 3. The minimum absolute atomic E-state index is 0.0674. The zero-order valence-corrected chi connectivity index (χ0v) is 24.0. The van der Waals surface area contributed by atoms with Crippen molar-refractivity contribution in [3.05, 3.63) is 29.9 Å². The predicted octanol–water partition coefficient (Wildman–Crippen LogP) is 3.27. The Balaban J connectivity index is 1.21. The van der Waals surface area contributed by atoms with E-state index >= 15 is 0 Å². The molecule has 3 fully saturated rings. The third-order valence-corrected chi connectivity index (χ3v) is 10.9. The Morgan fingerprint density at radius 1 is 1.18 bits per heavy atom. The molecular weight excluding hydrogens is 512 g/mol. The smallest absolute Gasteiger partial charge is 0.328 e. The minimum atomic E-state index is -1.19. The van der Waals surface area contributed by atoms with Crippen LogP contribution in [0.25, 0.3) is 0 Å². The highest BCUT2D eigenvalue weighted by atomic mass is 16.6. The number of imidazole rings is 1. The monoisotopic (exact) mass is 554 g/mol. The Hall–Kier alpha value is -3.01. The molecule has 10 heteroatoms. The summed E-state index contributed by atoms with van der Waals surface area (Å²) in [6, 6.07) is -0.856. The summed E-state index contributed by atoms with van der Waals surface area (Å²) in [5.41, 5.74) is 1.46. The summed E-state index contributed by atoms with van der Waals surface area (Å²) >= 11 is 0. The number of aromatic amines is 1. The number of aliphatic hydroxyl groups is 1. The van der Waals surface area contributed by atoms with Gasteiger partial charge in [-0.15, -0.1) is 0 Å². The first-order chi connectivity index (χ1) is 19.0. The Morgan fingerprint density at radius 3 is 2.65 bits per heavy atom. The molecule has 1 heterocycles. The normalized spacial score (nSPS) is 36.5. The van der Waals surface area contributed by atoms with Crippen molar-refractivity contribution < 1.29 is 29.1 Å². The number of esters is 1. The molecule has 4 aliphatic carbocycles. The fraction of sp³-hybridized carbons (Fsp3) is 0.700. The second kappa shape index (κ2) is 10.8. The van der Waals surface area contributed by atoms with Gasteiger partial charge < -0.3 is 25.0 Å². The molecule has 10 nitrogen and oxygen atoms in total. The van der Waals surface area contributed by atoms with Gasteiger partial charge in [0.1, 0.15) is 11.6 Å². The SMILES string of the molecule is COC(=O)C(Cc1cnc[nH]1)NC(=O)CO/N=C1/C=C2CCC3C(CC[C@@]4(C)C3CC[C@]4(O)C(C)=O)[C@@]2(C)CC1. The fourth-order valence-electron chi connectivity index (χ4n) is 8.60. The van der Waals surface area contributed by atoms with Crippen molar-refractivity contribution in [2.24, 2.45) is 33.7 Å². The van der Waals surface area contributed by atoms with E-state index in [1.807, 2.05) is 0 Å². The molecule has 1 aromatic heterocycles. The number of nitrogens with zero attached hydrogens (tertiary/aromatic N) is 2. The van der Waals surface area contributed by atoms with Crippen molar-refractivity contribution in [2.45, 2.75) is 90.2 Å². The summed E-state index contributed by atoms with van der Waals surface area (Å²) in [6.45, 7) is 5.78. The molecular formula is C30H42N4O6. The summed E-state index contributed by atoms with van der Waals surface area (Å²) in [5, 5.41) is 18.3. The summed E-state index contributed by atoms with van der Waals surface area (Å²) in [5.74, 6) is 0.325. The van der Waals surface area contributed by atoms with E-state index in [9.17, 15) is 19.5 Å². The summed E-state index contributed by atoms with van der Waals surface area (Å²) in [7, 11) is 1.28. The van der Waals surface area contributed by atoms with Gasteiger partial charge in [-0.2, -0.15) is 0 Å². The molecule has 4 unspecified atom stereocenters. The lowest BCUT2D eigenvalue weighted by Gasteiger charge is -2.59. The number of ketones is 1. The molecule has 1 amide bonds. The van der Waals surface area contributed by atoms with Gasteiger partial charge in [0.2, 0.25) is 0 Å². The molecule has 218 valence electrons. The number of H-pyrrole nitrogens is 1. The van der Waals surface area contributed by atoms with E-state index in [0.29, 0.717) is 29.9 Å². The molecule has 0 aliphatic heterocycles. The molecule has 0 radical (unpaired) electrons. The van der Waals surface area contributed by atoms with Crippen LogP contribution in [0.4, 0.5) is 0 Å². The highest BCUT2D eigenvalue weighted by molar-refractivity contribution is 5.96. The summed E-state index contributed by atoms with van der Waals surface area (Å²) in [6.07, 6.45) is 12.6. The number of allylic oxidation sites excluding steroid dienone is 2. The highest BCUT2D eigenvalue weighted by Crippen LogP contribution is 2.67. The van der Waals surface area contributed by atoms with Gasteiger partial charge in [0, 0.05) is 23.7 Å². The van der Waals surface area contributed by atoms with E-state index in [2.05, 4.69) is 40.4 Å². The van der Waals surface area contributed by atoms with Crippen molar-refractivity contribution >= 4 is 23.4 Å². The number of Topliss-reactive ketones (excluding diaryl/α,β-unsaturated/α-hetero) is 1. The highest BCUT2D eigenvalue weighted by Gasteiger charge is 2.65. The van der Waals surface area contributed by atoms with E-state index in [1.165, 1.54) is 19.0 Å². The van der Waals surface area contributed by atoms with Crippen LogP contribution in [0, 0.1) is 28.6 Å². The van der Waals surface area contributed by atoms with E-state index in [1.54, 1.807) is 13.1 Å². The maximum absolute atomic E-state index is 12.5. The Kier molecular flexibility index (Phi) is 7.67. The van der Waals surface area contributed by atoms with Crippen molar-refractivity contribution in [1.82, 2.24) is 15.3 Å². The predicted molar refractivity (Wildman–Crippen MR) is 147 cm³/mol. The van der Waals surface area contributed by atoms with Crippen molar-refractivity contribution in [3.63, 3.8) is 0 Å². The maximum atomic E-state index is 12.5. The molecule has 3 saturated carbocycles. The number of nitrogens with one attached hydrogen (secondary N) is 2. The number of carbonyl (C=O) groups is 3. The van der Waals surface area contributed by atoms with Gasteiger partial charge in [-0.1, -0.05) is 24.6 Å². The molecule has 3 N–H and O–H groups in total. The standard InChI is InChI=1S/C30H42N4O6/c1-18(35)30(38)12-9-24-22-6-5-19-13-20(7-10-28(19,2)23(22)8-11-29(24,30)3)34-40-16-26(36)33-25(27(37)39-4)14-21-15-31-17-32-21/h13,15,17,22-25,38H,5-12,14,16H2,1-4H3,(H,31,32)(H,33,36)/b34-20+/t22?,23?,24?,25?,28-,29-,30-/m0/s1. The molecule has 7 atom stereocenters. The van der Waals surface area contributed by atoms with Gasteiger partial charge >= 0.3 is 5.97 Å². The quantitative estimate of drug-likeness (QED) is 0.331. The van der Waals surface area contributed by atoms with E-state index in [0.717, 1.165) is 50.7 Å². The van der Waals surface area contributed by atoms with Crippen LogP contribution in [0.15, 0.2) is 29.3 Å². The second-order valence-electron chi connectivity index (χ2n) is 12.7. The van der Waals surface area contributed by atoms with Crippen LogP contribution < -0.4 is 5.32 Å². The third-order valence-electron chi connectivity index (χ3n) is 10.9. The van der Waals surface area contributed by atoms with E-state index < -0.39 is 23.5 Å². The Labute approximate surface area is 235 Å². The van der Waals surface area contributed by atoms with Crippen LogP contribution >= 0.6 is 0 Å². The molecule has 1 aromatic rings. The molecule has 5 rings (SSSR count). The molecule has 0 bridgehead atoms. The largest absolute Gasteiger partial charge is 0.467 e. The lowest BCUT2D eigenvalue weighted by atomic mass is 9.46. The van der Waals surface area contributed by atoms with Crippen LogP contribution in [0.2, 0.25) is 0 Å². The van der Waals surface area contributed by atoms with Gasteiger partial charge in [-0.3, -0.25) is 9.59 Å². The zero-order valence-electron chi connectivity index (χ0n) is 24.0. The van der Waals surface area contributed by atoms with Crippen LogP contribution in [-0.4, -0.2) is 63.8 Å². The molecule has 0 spiro atoms. The molecule has 40 heavy (non-hydrogen) atoms. The van der Waals surface area contributed by atoms with Gasteiger partial charge in [0.05, 0.1) is 19.1 Å². The first kappa shape index (κ1) is 28.5. The topological polar surface area (TPSA) is 143 Å². The van der Waals surface area contributed by atoms with Gasteiger partial charge in [0.25, 0.3) is 5.91 Å². The number of rotatable bonds is 8. The Bertz CT molecular complexity index is 1210. The number of fused-ring (bicyclic) bond motifs is 5. The number of methoxy groups -OCH3 is 1. The number of hydrogen-bond donors (Lipinski definition) is 3. The number of aromatic nitrogens is 2. The summed E-state index contributed by atoms with van der Waals surface area (Å²) in [4.78, 5) is 49.4. The van der Waals surface area contributed by atoms with Crippen LogP contribution in [-0.2, 0) is 30.4 Å². The fourth-order valence-corrected chi connectivity index (χ4v) is 8.60. The zero-order chi connectivity index (χ0) is 28.7. The first-order valence-corrected chi connectivity index (χ1v) is 14.5. The van der Waals surface area contributed by atoms with Gasteiger partial charge in [0.15, 0.2) is 12.4 Å². The number of hydrogen-bond acceptors (Lipinski definition) is 8. The van der Waals surface area contributed by atoms with Crippen LogP contribution in [0.3, 0.4) is 0 Å². The molecule has 0 aromatic carbocycles. The van der Waals surface area contributed by atoms with E-state index in [4.69, 9.17) is 9.57 Å². The van der Waals surface area contributed by atoms with Crippen molar-refractivity contribution in [3.8, 4) is 0 Å². The number of oxime groups is 1. The minimum Gasteiger partial charge on any atom is -0.467 e. The van der Waals surface area contributed by atoms with Crippen LogP contribution in [0.1, 0.15) is 77.8 Å². The van der Waals surface area contributed by atoms with Gasteiger partial charge in [-0.25, -0.2) is 9.78 Å². The molecule has 0 saturated heterocycles.